The maximum Gasteiger partial charge on any atom is 0.358 e. The zero-order valence-corrected chi connectivity index (χ0v) is 16.0. The summed E-state index contributed by atoms with van der Waals surface area (Å²) < 4.78 is 11.5. The number of H-pyrrole nitrogens is 1. The Morgan fingerprint density at radius 3 is 2.45 bits per heavy atom. The molecular formula is C19H16N4O8. The van der Waals surface area contributed by atoms with E-state index in [1.165, 1.54) is 42.3 Å². The third kappa shape index (κ3) is 4.07. The largest absolute Gasteiger partial charge is 0.478 e. The monoisotopic (exact) mass is 428 g/mol. The molecule has 0 saturated carbocycles. The predicted octanol–water partition coefficient (Wildman–Crippen LogP) is 1.04. The molecule has 0 aliphatic carbocycles. The molecular weight excluding hydrogens is 412 g/mol. The fourth-order valence-corrected chi connectivity index (χ4v) is 2.90. The van der Waals surface area contributed by atoms with Crippen LogP contribution in [0.5, 0.6) is 5.75 Å². The van der Waals surface area contributed by atoms with Gasteiger partial charge >= 0.3 is 17.9 Å². The molecule has 1 aromatic carbocycles. The van der Waals surface area contributed by atoms with E-state index in [0.717, 1.165) is 0 Å². The molecule has 12 heteroatoms. The Morgan fingerprint density at radius 1 is 1.13 bits per heavy atom. The molecule has 3 rings (SSSR count). The number of ether oxygens (including phenoxy) is 2. The maximum absolute atomic E-state index is 12.2. The van der Waals surface area contributed by atoms with Crippen LogP contribution >= 0.6 is 0 Å². The van der Waals surface area contributed by atoms with Gasteiger partial charge in [0.2, 0.25) is 0 Å². The standard InChI is InChI=1S/C19H16N4O8/c1-30-19(29)10-6-7-23(22-10)8-31-11-5-3-2-4-9(11)12-13(17(25)26)15(20)21-16(24)14(12)18(27)28/h2-7H,8H2,1H3,(H,25,26)(H,27,28)(H3,20,21,24). The van der Waals surface area contributed by atoms with Crippen molar-refractivity contribution < 1.29 is 34.1 Å². The molecule has 0 atom stereocenters. The van der Waals surface area contributed by atoms with Gasteiger partial charge in [0.15, 0.2) is 12.4 Å². The van der Waals surface area contributed by atoms with Crippen LogP contribution in [0, 0.1) is 0 Å². The molecule has 5 N–H and O–H groups in total. The average Bonchev–Trinajstić information content (AvgIpc) is 3.19. The minimum atomic E-state index is -1.64. The number of benzene rings is 1. The predicted molar refractivity (Wildman–Crippen MR) is 105 cm³/mol. The van der Waals surface area contributed by atoms with E-state index in [4.69, 9.17) is 10.5 Å². The smallest absolute Gasteiger partial charge is 0.358 e. The van der Waals surface area contributed by atoms with Crippen molar-refractivity contribution in [3.05, 3.63) is 63.7 Å². The molecule has 0 aliphatic heterocycles. The third-order valence-electron chi connectivity index (χ3n) is 4.22. The number of methoxy groups -OCH3 is 1. The summed E-state index contributed by atoms with van der Waals surface area (Å²) >= 11 is 0. The Labute approximate surface area is 173 Å². The number of carbonyl (C=O) groups excluding carboxylic acids is 1. The van der Waals surface area contributed by atoms with Crippen molar-refractivity contribution in [1.82, 2.24) is 14.8 Å². The number of carbonyl (C=O) groups is 3. The van der Waals surface area contributed by atoms with E-state index in [1.54, 1.807) is 6.07 Å². The number of esters is 1. The lowest BCUT2D eigenvalue weighted by atomic mass is 9.95. The Hall–Kier alpha value is -4.61. The van der Waals surface area contributed by atoms with Crippen molar-refractivity contribution in [2.45, 2.75) is 6.73 Å². The number of aromatic nitrogens is 3. The van der Waals surface area contributed by atoms with Crippen LogP contribution in [0.3, 0.4) is 0 Å². The first-order valence-electron chi connectivity index (χ1n) is 8.60. The van der Waals surface area contributed by atoms with Crippen molar-refractivity contribution in [3.63, 3.8) is 0 Å². The lowest BCUT2D eigenvalue weighted by molar-refractivity contribution is 0.0590. The van der Waals surface area contributed by atoms with Crippen LogP contribution in [0.15, 0.2) is 41.3 Å². The summed E-state index contributed by atoms with van der Waals surface area (Å²) in [5.41, 5.74) is 2.89. The van der Waals surface area contributed by atoms with Gasteiger partial charge in [-0.25, -0.2) is 19.1 Å². The first-order chi connectivity index (χ1) is 14.7. The van der Waals surface area contributed by atoms with Crippen LogP contribution in [-0.4, -0.2) is 50.0 Å². The zero-order valence-electron chi connectivity index (χ0n) is 16.0. The van der Waals surface area contributed by atoms with Crippen molar-refractivity contribution in [1.29, 1.82) is 0 Å². The van der Waals surface area contributed by atoms with Crippen molar-refractivity contribution in [3.8, 4) is 16.9 Å². The van der Waals surface area contributed by atoms with Gasteiger partial charge in [-0.3, -0.25) is 4.79 Å². The van der Waals surface area contributed by atoms with Crippen molar-refractivity contribution in [2.24, 2.45) is 0 Å². The van der Waals surface area contributed by atoms with Crippen molar-refractivity contribution in [2.75, 3.05) is 12.8 Å². The average molecular weight is 428 g/mol. The number of nitrogens with two attached hydrogens (primary N) is 1. The van der Waals surface area contributed by atoms with Gasteiger partial charge in [0.05, 0.1) is 7.11 Å². The Morgan fingerprint density at radius 2 is 1.81 bits per heavy atom. The normalized spacial score (nSPS) is 10.5. The molecule has 0 aliphatic rings. The summed E-state index contributed by atoms with van der Waals surface area (Å²) in [5, 5.41) is 23.1. The first-order valence-corrected chi connectivity index (χ1v) is 8.60. The number of hydrogen-bond donors (Lipinski definition) is 4. The highest BCUT2D eigenvalue weighted by Gasteiger charge is 2.28. The number of para-hydroxylation sites is 1. The molecule has 0 saturated heterocycles. The minimum absolute atomic E-state index is 0.0236. The van der Waals surface area contributed by atoms with Gasteiger partial charge in [-0.1, -0.05) is 18.2 Å². The highest BCUT2D eigenvalue weighted by Crippen LogP contribution is 2.35. The number of rotatable bonds is 7. The van der Waals surface area contributed by atoms with E-state index in [1.807, 2.05) is 4.98 Å². The third-order valence-corrected chi connectivity index (χ3v) is 4.22. The highest BCUT2D eigenvalue weighted by molar-refractivity contribution is 6.08. The number of carboxylic acid groups (broad SMARTS) is 2. The topological polar surface area (TPSA) is 187 Å². The Kier molecular flexibility index (Phi) is 5.72. The number of nitrogens with one attached hydrogen (secondary N) is 1. The van der Waals surface area contributed by atoms with Crippen LogP contribution in [0.1, 0.15) is 31.2 Å². The van der Waals surface area contributed by atoms with Gasteiger partial charge in [0.25, 0.3) is 5.56 Å². The summed E-state index contributed by atoms with van der Waals surface area (Å²) in [4.78, 5) is 49.3. The fourth-order valence-electron chi connectivity index (χ4n) is 2.90. The number of aromatic amines is 1. The number of aromatic carboxylic acids is 2. The number of anilines is 1. The quantitative estimate of drug-likeness (QED) is 0.396. The number of nitrogens with zero attached hydrogens (tertiary/aromatic N) is 2. The molecule has 0 radical (unpaired) electrons. The van der Waals surface area contributed by atoms with E-state index < -0.39 is 46.0 Å². The summed E-state index contributed by atoms with van der Waals surface area (Å²) in [5.74, 6) is -4.25. The molecule has 0 fully saturated rings. The molecule has 0 unspecified atom stereocenters. The molecule has 0 bridgehead atoms. The molecule has 0 amide bonds. The van der Waals surface area contributed by atoms with Gasteiger partial charge < -0.3 is 30.4 Å². The van der Waals surface area contributed by atoms with E-state index in [0.29, 0.717) is 0 Å². The number of nitrogen functional groups attached to an aromatic ring is 1. The molecule has 2 heterocycles. The van der Waals surface area contributed by atoms with Crippen molar-refractivity contribution >= 4 is 23.7 Å². The number of carboxylic acids is 2. The Bertz CT molecular complexity index is 1240. The summed E-state index contributed by atoms with van der Waals surface area (Å²) in [6, 6.07) is 7.34. The van der Waals surface area contributed by atoms with Gasteiger partial charge in [-0.15, -0.1) is 0 Å². The SMILES string of the molecule is COC(=O)c1ccn(COc2ccccc2-c2c(C(=O)O)c(N)[nH]c(=O)c2C(=O)O)n1. The van der Waals surface area contributed by atoms with Crippen LogP contribution in [0.4, 0.5) is 5.82 Å². The second-order valence-corrected chi connectivity index (χ2v) is 6.10. The Balaban J connectivity index is 2.09. The van der Waals surface area contributed by atoms with Crippen LogP contribution in [0.25, 0.3) is 11.1 Å². The van der Waals surface area contributed by atoms with E-state index >= 15 is 0 Å². The fraction of sp³-hybridized carbons (Fsp3) is 0.105. The maximum atomic E-state index is 12.2. The zero-order chi connectivity index (χ0) is 22.7. The molecule has 160 valence electrons. The second kappa shape index (κ2) is 8.41. The van der Waals surface area contributed by atoms with Gasteiger partial charge in [-0.2, -0.15) is 5.10 Å². The van der Waals surface area contributed by atoms with Crippen LogP contribution in [-0.2, 0) is 11.5 Å². The lowest BCUT2D eigenvalue weighted by Crippen LogP contribution is -2.24. The first kappa shape index (κ1) is 21.1. The molecule has 31 heavy (non-hydrogen) atoms. The second-order valence-electron chi connectivity index (χ2n) is 6.10. The number of hydrogen-bond acceptors (Lipinski definition) is 8. The van der Waals surface area contributed by atoms with Gasteiger partial charge in [-0.05, 0) is 12.1 Å². The number of pyridine rings is 1. The van der Waals surface area contributed by atoms with Crippen LogP contribution < -0.4 is 16.0 Å². The lowest BCUT2D eigenvalue weighted by Gasteiger charge is -2.16. The minimum Gasteiger partial charge on any atom is -0.478 e. The van der Waals surface area contributed by atoms with E-state index in [-0.39, 0.29) is 23.7 Å². The molecule has 3 aromatic rings. The van der Waals surface area contributed by atoms with E-state index in [9.17, 15) is 29.4 Å². The van der Waals surface area contributed by atoms with Crippen LogP contribution in [0.2, 0.25) is 0 Å². The molecule has 0 spiro atoms. The van der Waals surface area contributed by atoms with Gasteiger partial charge in [0, 0.05) is 17.3 Å². The summed E-state index contributed by atoms with van der Waals surface area (Å²) in [6.45, 7) is -0.211. The summed E-state index contributed by atoms with van der Waals surface area (Å²) in [7, 11) is 1.21. The molecule has 12 nitrogen and oxygen atoms in total. The molecule has 2 aromatic heterocycles. The van der Waals surface area contributed by atoms with E-state index in [2.05, 4.69) is 9.84 Å². The summed E-state index contributed by atoms with van der Waals surface area (Å²) in [6.07, 6.45) is 1.45. The highest BCUT2D eigenvalue weighted by atomic mass is 16.5. The van der Waals surface area contributed by atoms with Gasteiger partial charge in [0.1, 0.15) is 22.7 Å².